The summed E-state index contributed by atoms with van der Waals surface area (Å²) >= 11 is 0. The number of amides is 1. The third-order valence-corrected chi connectivity index (χ3v) is 3.76. The van der Waals surface area contributed by atoms with Gasteiger partial charge < -0.3 is 14.8 Å². The quantitative estimate of drug-likeness (QED) is 0.779. The molecule has 132 valence electrons. The molecule has 0 aliphatic heterocycles. The molecule has 5 heteroatoms. The lowest BCUT2D eigenvalue weighted by molar-refractivity contribution is -0.116. The number of ether oxygens (including phenoxy) is 2. The fraction of sp³-hybridized carbons (Fsp3) is 0.300. The van der Waals surface area contributed by atoms with Gasteiger partial charge in [0.15, 0.2) is 0 Å². The lowest BCUT2D eigenvalue weighted by Gasteiger charge is -2.09. The Morgan fingerprint density at radius 2 is 1.92 bits per heavy atom. The monoisotopic (exact) mass is 341 g/mol. The third-order valence-electron chi connectivity index (χ3n) is 3.76. The lowest BCUT2D eigenvalue weighted by Crippen LogP contribution is -2.13. The van der Waals surface area contributed by atoms with Crippen LogP contribution in [0.1, 0.15) is 34.8 Å². The molecular weight excluding hydrogens is 318 g/mol. The molecule has 2 aromatic carbocycles. The van der Waals surface area contributed by atoms with E-state index in [1.54, 1.807) is 38.3 Å². The molecule has 0 aliphatic rings. The first-order valence-electron chi connectivity index (χ1n) is 8.24. The predicted octanol–water partition coefficient (Wildman–Crippen LogP) is 3.75. The molecule has 0 radical (unpaired) electrons. The maximum absolute atomic E-state index is 12.1. The Morgan fingerprint density at radius 1 is 1.12 bits per heavy atom. The molecule has 0 saturated heterocycles. The van der Waals surface area contributed by atoms with E-state index in [9.17, 15) is 9.59 Å². The molecule has 0 aromatic heterocycles. The molecule has 0 fully saturated rings. The Labute approximate surface area is 148 Å². The van der Waals surface area contributed by atoms with Crippen molar-refractivity contribution >= 4 is 17.6 Å². The van der Waals surface area contributed by atoms with Gasteiger partial charge in [-0.15, -0.1) is 0 Å². The molecule has 0 atom stereocenters. The van der Waals surface area contributed by atoms with Crippen LogP contribution in [0, 0.1) is 6.92 Å². The van der Waals surface area contributed by atoms with Gasteiger partial charge in [-0.1, -0.05) is 18.2 Å². The molecule has 2 rings (SSSR count). The number of hydrogen-bond donors (Lipinski definition) is 1. The van der Waals surface area contributed by atoms with Crippen LogP contribution in [-0.4, -0.2) is 25.6 Å². The fourth-order valence-electron chi connectivity index (χ4n) is 2.52. The summed E-state index contributed by atoms with van der Waals surface area (Å²) in [6.45, 7) is 4.05. The highest BCUT2D eigenvalue weighted by Gasteiger charge is 2.09. The van der Waals surface area contributed by atoms with Crippen molar-refractivity contribution in [3.05, 3.63) is 59.2 Å². The normalized spacial score (nSPS) is 10.2. The van der Waals surface area contributed by atoms with E-state index >= 15 is 0 Å². The number of anilines is 1. The largest absolute Gasteiger partial charge is 0.496 e. The molecule has 0 unspecified atom stereocenters. The Balaban J connectivity index is 1.93. The summed E-state index contributed by atoms with van der Waals surface area (Å²) in [7, 11) is 1.64. The fourth-order valence-corrected chi connectivity index (χ4v) is 2.52. The van der Waals surface area contributed by atoms with Crippen LogP contribution < -0.4 is 10.1 Å². The molecule has 5 nitrogen and oxygen atoms in total. The summed E-state index contributed by atoms with van der Waals surface area (Å²) in [4.78, 5) is 23.9. The SMILES string of the molecule is CCOC(=O)c1cccc(NC(=O)CCc2ccc(OC)c(C)c2)c1. The number of nitrogens with one attached hydrogen (secondary N) is 1. The first-order valence-corrected chi connectivity index (χ1v) is 8.24. The molecule has 0 aliphatic carbocycles. The van der Waals surface area contributed by atoms with Crippen LogP contribution in [0.4, 0.5) is 5.69 Å². The molecule has 1 amide bonds. The molecule has 0 spiro atoms. The number of methoxy groups -OCH3 is 1. The predicted molar refractivity (Wildman–Crippen MR) is 97.1 cm³/mol. The number of rotatable bonds is 7. The minimum Gasteiger partial charge on any atom is -0.496 e. The molecule has 0 bridgehead atoms. The van der Waals surface area contributed by atoms with E-state index in [-0.39, 0.29) is 5.91 Å². The summed E-state index contributed by atoms with van der Waals surface area (Å²) < 4.78 is 10.2. The van der Waals surface area contributed by atoms with E-state index in [2.05, 4.69) is 5.32 Å². The van der Waals surface area contributed by atoms with Crippen LogP contribution in [0.2, 0.25) is 0 Å². The van der Waals surface area contributed by atoms with Crippen molar-refractivity contribution in [2.75, 3.05) is 19.0 Å². The Bertz CT molecular complexity index is 755. The lowest BCUT2D eigenvalue weighted by atomic mass is 10.1. The zero-order valence-electron chi connectivity index (χ0n) is 14.8. The highest BCUT2D eigenvalue weighted by molar-refractivity contribution is 5.94. The van der Waals surface area contributed by atoms with Crippen LogP contribution >= 0.6 is 0 Å². The highest BCUT2D eigenvalue weighted by atomic mass is 16.5. The first kappa shape index (κ1) is 18.5. The van der Waals surface area contributed by atoms with Crippen LogP contribution in [0.15, 0.2) is 42.5 Å². The Hall–Kier alpha value is -2.82. The van der Waals surface area contributed by atoms with Crippen molar-refractivity contribution in [2.45, 2.75) is 26.7 Å². The van der Waals surface area contributed by atoms with Crippen LogP contribution in [0.25, 0.3) is 0 Å². The zero-order valence-corrected chi connectivity index (χ0v) is 14.8. The van der Waals surface area contributed by atoms with Gasteiger partial charge in [0.2, 0.25) is 5.91 Å². The van der Waals surface area contributed by atoms with E-state index in [4.69, 9.17) is 9.47 Å². The number of esters is 1. The maximum Gasteiger partial charge on any atom is 0.338 e. The van der Waals surface area contributed by atoms with E-state index in [1.165, 1.54) is 0 Å². The van der Waals surface area contributed by atoms with Crippen molar-refractivity contribution in [1.82, 2.24) is 0 Å². The molecule has 0 saturated carbocycles. The summed E-state index contributed by atoms with van der Waals surface area (Å²) in [6.07, 6.45) is 0.990. The van der Waals surface area contributed by atoms with Gasteiger partial charge in [0.25, 0.3) is 0 Å². The van der Waals surface area contributed by atoms with Gasteiger partial charge >= 0.3 is 5.97 Å². The standard InChI is InChI=1S/C20H23NO4/c1-4-25-20(23)16-6-5-7-17(13-16)21-19(22)11-9-15-8-10-18(24-3)14(2)12-15/h5-8,10,12-13H,4,9,11H2,1-3H3,(H,21,22). The highest BCUT2D eigenvalue weighted by Crippen LogP contribution is 2.19. The number of hydrogen-bond acceptors (Lipinski definition) is 4. The second-order valence-corrected chi connectivity index (χ2v) is 5.65. The average molecular weight is 341 g/mol. The van der Waals surface area contributed by atoms with Gasteiger partial charge in [-0.2, -0.15) is 0 Å². The van der Waals surface area contributed by atoms with E-state index in [1.807, 2.05) is 25.1 Å². The van der Waals surface area contributed by atoms with Gasteiger partial charge in [-0.25, -0.2) is 4.79 Å². The minimum absolute atomic E-state index is 0.102. The molecular formula is C20H23NO4. The van der Waals surface area contributed by atoms with Crippen molar-refractivity contribution in [2.24, 2.45) is 0 Å². The van der Waals surface area contributed by atoms with Gasteiger partial charge in [-0.05, 0) is 55.7 Å². The van der Waals surface area contributed by atoms with Gasteiger partial charge in [0, 0.05) is 12.1 Å². The number of carbonyl (C=O) groups is 2. The summed E-state index contributed by atoms with van der Waals surface area (Å²) in [5, 5.41) is 2.82. The number of carbonyl (C=O) groups excluding carboxylic acids is 2. The minimum atomic E-state index is -0.396. The Kier molecular flexibility index (Phi) is 6.57. The molecule has 2 aromatic rings. The molecule has 25 heavy (non-hydrogen) atoms. The van der Waals surface area contributed by atoms with Crippen molar-refractivity contribution in [3.8, 4) is 5.75 Å². The van der Waals surface area contributed by atoms with Crippen molar-refractivity contribution < 1.29 is 19.1 Å². The zero-order chi connectivity index (χ0) is 18.2. The second kappa shape index (κ2) is 8.87. The van der Waals surface area contributed by atoms with Gasteiger partial charge in [-0.3, -0.25) is 4.79 Å². The number of aryl methyl sites for hydroxylation is 2. The van der Waals surface area contributed by atoms with E-state index in [0.29, 0.717) is 30.7 Å². The Morgan fingerprint density at radius 3 is 2.60 bits per heavy atom. The maximum atomic E-state index is 12.1. The van der Waals surface area contributed by atoms with Crippen LogP contribution in [-0.2, 0) is 16.0 Å². The summed E-state index contributed by atoms with van der Waals surface area (Å²) in [6, 6.07) is 12.6. The molecule has 0 heterocycles. The topological polar surface area (TPSA) is 64.6 Å². The summed E-state index contributed by atoms with van der Waals surface area (Å²) in [5.41, 5.74) is 3.13. The smallest absolute Gasteiger partial charge is 0.338 e. The van der Waals surface area contributed by atoms with Gasteiger partial charge in [0.05, 0.1) is 19.3 Å². The molecule has 1 N–H and O–H groups in total. The summed E-state index contributed by atoms with van der Waals surface area (Å²) in [5.74, 6) is 0.339. The van der Waals surface area contributed by atoms with E-state index in [0.717, 1.165) is 16.9 Å². The van der Waals surface area contributed by atoms with E-state index < -0.39 is 5.97 Å². The number of benzene rings is 2. The van der Waals surface area contributed by atoms with Crippen LogP contribution in [0.3, 0.4) is 0 Å². The van der Waals surface area contributed by atoms with Crippen LogP contribution in [0.5, 0.6) is 5.75 Å². The van der Waals surface area contributed by atoms with Crippen molar-refractivity contribution in [3.63, 3.8) is 0 Å². The third kappa shape index (κ3) is 5.35. The first-order chi connectivity index (χ1) is 12.0. The van der Waals surface area contributed by atoms with Crippen molar-refractivity contribution in [1.29, 1.82) is 0 Å². The second-order valence-electron chi connectivity index (χ2n) is 5.65. The van der Waals surface area contributed by atoms with Gasteiger partial charge in [0.1, 0.15) is 5.75 Å². The average Bonchev–Trinajstić information content (AvgIpc) is 2.60.